The number of rotatable bonds is 7. The molecule has 0 N–H and O–H groups in total. The van der Waals surface area contributed by atoms with E-state index in [0.29, 0.717) is 0 Å². The van der Waals surface area contributed by atoms with Gasteiger partial charge in [-0.15, -0.1) is 0 Å². The van der Waals surface area contributed by atoms with Crippen LogP contribution in [0.4, 0.5) is 17.6 Å². The number of carbonyl (C=O) groups is 1. The van der Waals surface area contributed by atoms with Crippen molar-refractivity contribution in [1.82, 2.24) is 4.90 Å². The third-order valence-corrected chi connectivity index (χ3v) is 1.82. The van der Waals surface area contributed by atoms with Crippen LogP contribution in [0.25, 0.3) is 0 Å². The van der Waals surface area contributed by atoms with Crippen molar-refractivity contribution >= 4 is 5.91 Å². The Hall–Kier alpha value is -1.36. The van der Waals surface area contributed by atoms with Crippen molar-refractivity contribution in [2.24, 2.45) is 0 Å². The lowest BCUT2D eigenvalue weighted by molar-refractivity contribution is -0.170. The van der Waals surface area contributed by atoms with E-state index in [9.17, 15) is 22.4 Å². The zero-order valence-electron chi connectivity index (χ0n) is 9.13. The van der Waals surface area contributed by atoms with Crippen LogP contribution in [0.1, 0.15) is 6.42 Å². The van der Waals surface area contributed by atoms with Gasteiger partial charge in [0, 0.05) is 13.6 Å². The Morgan fingerprint density at radius 2 is 2.12 bits per heavy atom. The fraction of sp³-hybridized carbons (Fsp3) is 0.778. The van der Waals surface area contributed by atoms with Crippen molar-refractivity contribution in [3.63, 3.8) is 0 Å². The van der Waals surface area contributed by atoms with E-state index in [1.165, 1.54) is 7.05 Å². The minimum Gasteiger partial charge on any atom is -0.365 e. The lowest BCUT2D eigenvalue weighted by atomic mass is 10.4. The summed E-state index contributed by atoms with van der Waals surface area (Å²) in [7, 11) is 1.36. The van der Waals surface area contributed by atoms with Crippen LogP contribution in [-0.4, -0.2) is 50.0 Å². The number of ether oxygens (including phenoxy) is 1. The summed E-state index contributed by atoms with van der Waals surface area (Å²) in [6.45, 7) is -2.10. The molecule has 0 radical (unpaired) electrons. The van der Waals surface area contributed by atoms with Gasteiger partial charge in [-0.1, -0.05) is 0 Å². The Balaban J connectivity index is 3.90. The van der Waals surface area contributed by atoms with Crippen molar-refractivity contribution < 1.29 is 27.1 Å². The highest BCUT2D eigenvalue weighted by Crippen LogP contribution is 2.22. The molecule has 0 spiro atoms. The van der Waals surface area contributed by atoms with E-state index in [0.717, 1.165) is 4.90 Å². The van der Waals surface area contributed by atoms with Crippen molar-refractivity contribution in [2.45, 2.75) is 18.8 Å². The van der Waals surface area contributed by atoms with Gasteiger partial charge >= 0.3 is 12.3 Å². The maximum absolute atomic E-state index is 12.4. The number of hydrogen-bond acceptors (Lipinski definition) is 3. The highest BCUT2D eigenvalue weighted by Gasteiger charge is 2.41. The van der Waals surface area contributed by atoms with Crippen LogP contribution in [0.2, 0.25) is 0 Å². The predicted octanol–water partition coefficient (Wildman–Crippen LogP) is 1.28. The van der Waals surface area contributed by atoms with Crippen LogP contribution in [0, 0.1) is 11.3 Å². The summed E-state index contributed by atoms with van der Waals surface area (Å²) in [6.07, 6.45) is -3.73. The standard InChI is InChI=1S/C9H12F4N2O2/c1-15(4-2-3-14)7(16)5-17-6-9(12,13)8(10)11/h8H,2,4-6H2,1H3. The molecule has 0 heterocycles. The van der Waals surface area contributed by atoms with Crippen molar-refractivity contribution in [2.75, 3.05) is 26.8 Å². The first-order chi connectivity index (χ1) is 7.81. The zero-order valence-corrected chi connectivity index (χ0v) is 9.13. The summed E-state index contributed by atoms with van der Waals surface area (Å²) in [4.78, 5) is 12.3. The van der Waals surface area contributed by atoms with E-state index in [-0.39, 0.29) is 13.0 Å². The molecule has 8 heteroatoms. The number of carbonyl (C=O) groups excluding carboxylic acids is 1. The first-order valence-electron chi connectivity index (χ1n) is 4.66. The summed E-state index contributed by atoms with van der Waals surface area (Å²) < 4.78 is 52.3. The number of likely N-dealkylation sites (N-methyl/N-ethyl adjacent to an activating group) is 1. The fourth-order valence-electron chi connectivity index (χ4n) is 0.790. The largest absolute Gasteiger partial charge is 0.365 e. The van der Waals surface area contributed by atoms with Crippen LogP contribution < -0.4 is 0 Å². The van der Waals surface area contributed by atoms with Gasteiger partial charge in [0.25, 0.3) is 0 Å². The van der Waals surface area contributed by atoms with Gasteiger partial charge in [0.2, 0.25) is 5.91 Å². The van der Waals surface area contributed by atoms with Crippen molar-refractivity contribution in [3.05, 3.63) is 0 Å². The maximum Gasteiger partial charge on any atom is 0.330 e. The quantitative estimate of drug-likeness (QED) is 0.645. The number of hydrogen-bond donors (Lipinski definition) is 0. The maximum atomic E-state index is 12.4. The predicted molar refractivity (Wildman–Crippen MR) is 49.6 cm³/mol. The molecule has 0 aliphatic rings. The van der Waals surface area contributed by atoms with Crippen LogP contribution in [-0.2, 0) is 9.53 Å². The molecule has 17 heavy (non-hydrogen) atoms. The van der Waals surface area contributed by atoms with Gasteiger partial charge in [-0.2, -0.15) is 14.0 Å². The van der Waals surface area contributed by atoms with Gasteiger partial charge in [0.05, 0.1) is 12.5 Å². The van der Waals surface area contributed by atoms with E-state index < -0.39 is 31.5 Å². The molecule has 0 aromatic carbocycles. The van der Waals surface area contributed by atoms with Crippen LogP contribution in [0.3, 0.4) is 0 Å². The van der Waals surface area contributed by atoms with E-state index in [1.807, 2.05) is 0 Å². The van der Waals surface area contributed by atoms with E-state index in [1.54, 1.807) is 6.07 Å². The molecule has 0 saturated carbocycles. The smallest absolute Gasteiger partial charge is 0.330 e. The van der Waals surface area contributed by atoms with E-state index >= 15 is 0 Å². The average Bonchev–Trinajstić information content (AvgIpc) is 2.25. The van der Waals surface area contributed by atoms with E-state index in [4.69, 9.17) is 5.26 Å². The van der Waals surface area contributed by atoms with Gasteiger partial charge in [-0.3, -0.25) is 4.79 Å². The molecule has 4 nitrogen and oxygen atoms in total. The molecule has 1 amide bonds. The lowest BCUT2D eigenvalue weighted by Crippen LogP contribution is -2.36. The Labute approximate surface area is 95.7 Å². The summed E-state index contributed by atoms with van der Waals surface area (Å²) in [5.74, 6) is -4.91. The minimum atomic E-state index is -4.26. The number of halogens is 4. The number of nitrogens with zero attached hydrogens (tertiary/aromatic N) is 2. The topological polar surface area (TPSA) is 53.3 Å². The molecule has 0 atom stereocenters. The van der Waals surface area contributed by atoms with Gasteiger partial charge < -0.3 is 9.64 Å². The van der Waals surface area contributed by atoms with Crippen LogP contribution >= 0.6 is 0 Å². The molecule has 0 aromatic rings. The van der Waals surface area contributed by atoms with E-state index in [2.05, 4.69) is 4.74 Å². The lowest BCUT2D eigenvalue weighted by Gasteiger charge is -2.18. The number of alkyl halides is 4. The second-order valence-electron chi connectivity index (χ2n) is 3.28. The fourth-order valence-corrected chi connectivity index (χ4v) is 0.790. The Kier molecular flexibility index (Phi) is 6.50. The highest BCUT2D eigenvalue weighted by molar-refractivity contribution is 5.77. The molecule has 0 aliphatic heterocycles. The molecule has 0 aromatic heterocycles. The summed E-state index contributed by atoms with van der Waals surface area (Å²) in [5.41, 5.74) is 0. The first kappa shape index (κ1) is 15.6. The monoisotopic (exact) mass is 256 g/mol. The average molecular weight is 256 g/mol. The van der Waals surface area contributed by atoms with Crippen molar-refractivity contribution in [1.29, 1.82) is 5.26 Å². The Bertz CT molecular complexity index is 291. The van der Waals surface area contributed by atoms with Crippen LogP contribution in [0.5, 0.6) is 0 Å². The van der Waals surface area contributed by atoms with Gasteiger partial charge in [0.1, 0.15) is 13.2 Å². The second kappa shape index (κ2) is 7.06. The molecule has 98 valence electrons. The summed E-state index contributed by atoms with van der Waals surface area (Å²) in [6, 6.07) is 1.79. The highest BCUT2D eigenvalue weighted by atomic mass is 19.3. The molecular formula is C9H12F4N2O2. The third-order valence-electron chi connectivity index (χ3n) is 1.82. The number of amides is 1. The molecule has 0 aliphatic carbocycles. The first-order valence-corrected chi connectivity index (χ1v) is 4.66. The summed E-state index contributed by atoms with van der Waals surface area (Å²) in [5, 5.41) is 8.24. The second-order valence-corrected chi connectivity index (χ2v) is 3.28. The molecule has 0 unspecified atom stereocenters. The van der Waals surface area contributed by atoms with Gasteiger partial charge in [-0.05, 0) is 0 Å². The SMILES string of the molecule is CN(CCC#N)C(=O)COCC(F)(F)C(F)F. The molecule has 0 fully saturated rings. The van der Waals surface area contributed by atoms with Gasteiger partial charge in [0.15, 0.2) is 0 Å². The van der Waals surface area contributed by atoms with Crippen molar-refractivity contribution in [3.8, 4) is 6.07 Å². The third kappa shape index (κ3) is 6.06. The zero-order chi connectivity index (χ0) is 13.5. The molecule has 0 rings (SSSR count). The van der Waals surface area contributed by atoms with Crippen LogP contribution in [0.15, 0.2) is 0 Å². The molecular weight excluding hydrogens is 244 g/mol. The minimum absolute atomic E-state index is 0.0927. The Morgan fingerprint density at radius 3 is 2.59 bits per heavy atom. The summed E-state index contributed by atoms with van der Waals surface area (Å²) >= 11 is 0. The molecule has 0 bridgehead atoms. The molecule has 0 saturated heterocycles. The van der Waals surface area contributed by atoms with Gasteiger partial charge in [-0.25, -0.2) is 8.78 Å². The Morgan fingerprint density at radius 1 is 1.53 bits per heavy atom. The normalized spacial score (nSPS) is 11.4. The number of nitriles is 1.